The molecule has 2 aromatic heterocycles. The summed E-state index contributed by atoms with van der Waals surface area (Å²) in [5.41, 5.74) is -0.345. The minimum Gasteiger partial charge on any atom is -0.480 e. The van der Waals surface area contributed by atoms with Crippen molar-refractivity contribution in [3.05, 3.63) is 23.8 Å². The maximum absolute atomic E-state index is 12.6. The molecule has 0 aliphatic rings. The van der Waals surface area contributed by atoms with E-state index in [1.54, 1.807) is 0 Å². The number of rotatable bonds is 4. The number of carbonyl (C=O) groups is 2. The van der Waals surface area contributed by atoms with Gasteiger partial charge in [-0.05, 0) is 20.3 Å². The summed E-state index contributed by atoms with van der Waals surface area (Å²) < 4.78 is 1.49. The van der Waals surface area contributed by atoms with E-state index in [-0.39, 0.29) is 0 Å². The highest BCUT2D eigenvalue weighted by atomic mass is 16.4. The predicted molar refractivity (Wildman–Crippen MR) is 74.0 cm³/mol. The standard InChI is InChI=1S/C13H17N5O3/c1-5-9-8(6-14-12-15-7-16-18(9)12)10(19)17(4)13(2,3)11(20)21/h6-7H,5H2,1-4H3,(H,20,21). The zero-order valence-electron chi connectivity index (χ0n) is 12.4. The highest BCUT2D eigenvalue weighted by molar-refractivity contribution is 5.98. The van der Waals surface area contributed by atoms with Crippen molar-refractivity contribution in [1.82, 2.24) is 24.5 Å². The fourth-order valence-electron chi connectivity index (χ4n) is 1.92. The van der Waals surface area contributed by atoms with E-state index in [1.807, 2.05) is 6.92 Å². The molecule has 0 fully saturated rings. The number of aliphatic carboxylic acids is 1. The molecule has 2 heterocycles. The molecular formula is C13H17N5O3. The Balaban J connectivity index is 2.51. The summed E-state index contributed by atoms with van der Waals surface area (Å²) in [6.07, 6.45) is 3.32. The van der Waals surface area contributed by atoms with E-state index in [0.717, 1.165) is 0 Å². The number of carbonyl (C=O) groups excluding carboxylic acids is 1. The fourth-order valence-corrected chi connectivity index (χ4v) is 1.92. The zero-order chi connectivity index (χ0) is 15.8. The van der Waals surface area contributed by atoms with Crippen molar-refractivity contribution in [2.24, 2.45) is 0 Å². The maximum Gasteiger partial charge on any atom is 0.329 e. The van der Waals surface area contributed by atoms with E-state index in [0.29, 0.717) is 23.5 Å². The van der Waals surface area contributed by atoms with Crippen molar-refractivity contribution in [1.29, 1.82) is 0 Å². The minimum absolute atomic E-state index is 0.326. The van der Waals surface area contributed by atoms with Crippen LogP contribution in [0.5, 0.6) is 0 Å². The van der Waals surface area contributed by atoms with Crippen LogP contribution in [-0.2, 0) is 11.2 Å². The van der Waals surface area contributed by atoms with Gasteiger partial charge in [-0.15, -0.1) is 0 Å². The number of likely N-dealkylation sites (N-methyl/N-ethyl adjacent to an activating group) is 1. The number of hydrogen-bond donors (Lipinski definition) is 1. The number of nitrogens with zero attached hydrogens (tertiary/aromatic N) is 5. The summed E-state index contributed by atoms with van der Waals surface area (Å²) in [5.74, 6) is -1.08. The van der Waals surface area contributed by atoms with Gasteiger partial charge < -0.3 is 10.0 Å². The molecule has 0 aliphatic heterocycles. The van der Waals surface area contributed by atoms with Crippen molar-refractivity contribution in [3.63, 3.8) is 0 Å². The molecule has 0 saturated heterocycles. The normalized spacial score (nSPS) is 11.6. The van der Waals surface area contributed by atoms with Gasteiger partial charge in [-0.25, -0.2) is 14.3 Å². The summed E-state index contributed by atoms with van der Waals surface area (Å²) in [4.78, 5) is 33.1. The van der Waals surface area contributed by atoms with E-state index in [1.165, 1.54) is 42.8 Å². The lowest BCUT2D eigenvalue weighted by molar-refractivity contribution is -0.147. The smallest absolute Gasteiger partial charge is 0.329 e. The van der Waals surface area contributed by atoms with Crippen LogP contribution in [0.1, 0.15) is 36.8 Å². The number of amides is 1. The molecule has 21 heavy (non-hydrogen) atoms. The number of hydrogen-bond acceptors (Lipinski definition) is 5. The second-order valence-corrected chi connectivity index (χ2v) is 5.17. The van der Waals surface area contributed by atoms with E-state index in [4.69, 9.17) is 0 Å². The summed E-state index contributed by atoms with van der Waals surface area (Å²) in [6.45, 7) is 4.83. The molecule has 112 valence electrons. The number of carboxylic acid groups (broad SMARTS) is 1. The van der Waals surface area contributed by atoms with Crippen LogP contribution < -0.4 is 0 Å². The Morgan fingerprint density at radius 3 is 2.62 bits per heavy atom. The third-order valence-electron chi connectivity index (χ3n) is 3.64. The Hall–Kier alpha value is -2.51. The molecule has 0 bridgehead atoms. The molecule has 8 heteroatoms. The highest BCUT2D eigenvalue weighted by Crippen LogP contribution is 2.19. The molecule has 0 unspecified atom stereocenters. The van der Waals surface area contributed by atoms with Crippen LogP contribution in [0.15, 0.2) is 12.5 Å². The molecule has 0 radical (unpaired) electrons. The predicted octanol–water partition coefficient (Wildman–Crippen LogP) is 0.622. The van der Waals surface area contributed by atoms with Crippen LogP contribution in [0.2, 0.25) is 0 Å². The lowest BCUT2D eigenvalue weighted by Crippen LogP contribution is -2.51. The molecule has 0 aliphatic carbocycles. The van der Waals surface area contributed by atoms with Crippen LogP contribution in [-0.4, -0.2) is 54.1 Å². The van der Waals surface area contributed by atoms with Crippen LogP contribution in [0.4, 0.5) is 0 Å². The first-order valence-electron chi connectivity index (χ1n) is 6.49. The monoisotopic (exact) mass is 291 g/mol. The van der Waals surface area contributed by atoms with Crippen LogP contribution in [0.3, 0.4) is 0 Å². The first kappa shape index (κ1) is 14.9. The van der Waals surface area contributed by atoms with E-state index in [9.17, 15) is 14.7 Å². The lowest BCUT2D eigenvalue weighted by atomic mass is 10.0. The highest BCUT2D eigenvalue weighted by Gasteiger charge is 2.36. The SMILES string of the molecule is CCc1c(C(=O)N(C)C(C)(C)C(=O)O)cnc2ncnn12. The molecule has 0 spiro atoms. The third-order valence-corrected chi connectivity index (χ3v) is 3.64. The zero-order valence-corrected chi connectivity index (χ0v) is 12.4. The summed E-state index contributed by atoms with van der Waals surface area (Å²) >= 11 is 0. The van der Waals surface area contributed by atoms with Gasteiger partial charge in [0.05, 0.1) is 11.3 Å². The van der Waals surface area contributed by atoms with Gasteiger partial charge in [0.25, 0.3) is 11.7 Å². The number of carboxylic acids is 1. The molecule has 0 aromatic carbocycles. The van der Waals surface area contributed by atoms with Gasteiger partial charge in [0, 0.05) is 13.2 Å². The molecule has 1 N–H and O–H groups in total. The van der Waals surface area contributed by atoms with Crippen molar-refractivity contribution < 1.29 is 14.7 Å². The number of aryl methyl sites for hydroxylation is 1. The van der Waals surface area contributed by atoms with Crippen molar-refractivity contribution in [3.8, 4) is 0 Å². The van der Waals surface area contributed by atoms with Gasteiger partial charge in [0.1, 0.15) is 11.9 Å². The van der Waals surface area contributed by atoms with Gasteiger partial charge in [-0.3, -0.25) is 4.79 Å². The van der Waals surface area contributed by atoms with Gasteiger partial charge in [-0.2, -0.15) is 10.1 Å². The maximum atomic E-state index is 12.6. The lowest BCUT2D eigenvalue weighted by Gasteiger charge is -2.31. The van der Waals surface area contributed by atoms with E-state index in [2.05, 4.69) is 15.1 Å². The quantitative estimate of drug-likeness (QED) is 0.886. The summed E-state index contributed by atoms with van der Waals surface area (Å²) in [6, 6.07) is 0. The Labute approximate surface area is 121 Å². The Morgan fingerprint density at radius 2 is 2.05 bits per heavy atom. The van der Waals surface area contributed by atoms with Crippen LogP contribution >= 0.6 is 0 Å². The largest absolute Gasteiger partial charge is 0.480 e. The Bertz CT molecular complexity index is 707. The van der Waals surface area contributed by atoms with E-state index >= 15 is 0 Å². The minimum atomic E-state index is -1.32. The van der Waals surface area contributed by atoms with Gasteiger partial charge in [0.2, 0.25) is 0 Å². The molecule has 8 nitrogen and oxygen atoms in total. The van der Waals surface area contributed by atoms with Crippen LogP contribution in [0, 0.1) is 0 Å². The van der Waals surface area contributed by atoms with Gasteiger partial charge in [-0.1, -0.05) is 6.92 Å². The fraction of sp³-hybridized carbons (Fsp3) is 0.462. The van der Waals surface area contributed by atoms with Gasteiger partial charge in [0.15, 0.2) is 0 Å². The summed E-state index contributed by atoms with van der Waals surface area (Å²) in [7, 11) is 1.46. The number of aromatic nitrogens is 4. The molecular weight excluding hydrogens is 274 g/mol. The van der Waals surface area contributed by atoms with E-state index < -0.39 is 17.4 Å². The molecule has 2 rings (SSSR count). The summed E-state index contributed by atoms with van der Waals surface area (Å²) in [5, 5.41) is 13.3. The molecule has 0 saturated carbocycles. The van der Waals surface area contributed by atoms with Crippen molar-refractivity contribution in [2.45, 2.75) is 32.7 Å². The topological polar surface area (TPSA) is 101 Å². The van der Waals surface area contributed by atoms with Crippen LogP contribution in [0.25, 0.3) is 5.78 Å². The first-order chi connectivity index (χ1) is 9.80. The first-order valence-corrected chi connectivity index (χ1v) is 6.49. The second-order valence-electron chi connectivity index (χ2n) is 5.17. The second kappa shape index (κ2) is 5.12. The molecule has 0 atom stereocenters. The molecule has 1 amide bonds. The van der Waals surface area contributed by atoms with Crippen molar-refractivity contribution >= 4 is 17.7 Å². The average Bonchev–Trinajstić information content (AvgIpc) is 2.92. The Morgan fingerprint density at radius 1 is 1.38 bits per heavy atom. The third kappa shape index (κ3) is 2.32. The van der Waals surface area contributed by atoms with Gasteiger partial charge >= 0.3 is 5.97 Å². The number of fused-ring (bicyclic) bond motifs is 1. The molecule has 2 aromatic rings. The Kier molecular flexibility index (Phi) is 3.63. The average molecular weight is 291 g/mol. The van der Waals surface area contributed by atoms with Crippen molar-refractivity contribution in [2.75, 3.05) is 7.05 Å².